The molecule has 1 amide bonds. The lowest BCUT2D eigenvalue weighted by Gasteiger charge is -2.36. The number of anilines is 1. The molecule has 0 N–H and O–H groups in total. The summed E-state index contributed by atoms with van der Waals surface area (Å²) in [6, 6.07) is 6.55. The topological polar surface area (TPSA) is 75.5 Å². The van der Waals surface area contributed by atoms with E-state index in [1.807, 2.05) is 29.7 Å². The summed E-state index contributed by atoms with van der Waals surface area (Å²) in [7, 11) is -3.00. The summed E-state index contributed by atoms with van der Waals surface area (Å²) < 4.78 is 39.5. The Bertz CT molecular complexity index is 1060. The van der Waals surface area contributed by atoms with Crippen molar-refractivity contribution in [3.63, 3.8) is 0 Å². The molecule has 4 rings (SSSR count). The van der Waals surface area contributed by atoms with E-state index in [2.05, 4.69) is 5.10 Å². The van der Waals surface area contributed by atoms with Gasteiger partial charge in [0.15, 0.2) is 9.84 Å². The number of rotatable bonds is 4. The van der Waals surface area contributed by atoms with Gasteiger partial charge in [0.25, 0.3) is 0 Å². The summed E-state index contributed by atoms with van der Waals surface area (Å²) in [4.78, 5) is 16.7. The molecule has 2 fully saturated rings. The van der Waals surface area contributed by atoms with Crippen molar-refractivity contribution in [2.24, 2.45) is 0 Å². The number of halogens is 1. The Labute approximate surface area is 176 Å². The van der Waals surface area contributed by atoms with Crippen molar-refractivity contribution in [1.82, 2.24) is 14.7 Å². The summed E-state index contributed by atoms with van der Waals surface area (Å²) in [5, 5.41) is 4.55. The molecular weight excluding hydrogens is 407 g/mol. The van der Waals surface area contributed by atoms with Gasteiger partial charge in [-0.15, -0.1) is 0 Å². The van der Waals surface area contributed by atoms with E-state index in [4.69, 9.17) is 0 Å². The second-order valence-corrected chi connectivity index (χ2v) is 10.4. The van der Waals surface area contributed by atoms with E-state index in [-0.39, 0.29) is 35.7 Å². The van der Waals surface area contributed by atoms with Crippen LogP contribution in [0.15, 0.2) is 24.3 Å². The number of sulfone groups is 1. The fourth-order valence-corrected chi connectivity index (χ4v) is 6.14. The van der Waals surface area contributed by atoms with Crippen molar-refractivity contribution in [1.29, 1.82) is 0 Å². The van der Waals surface area contributed by atoms with Crippen LogP contribution in [0.3, 0.4) is 0 Å². The Hall–Kier alpha value is -2.42. The van der Waals surface area contributed by atoms with Gasteiger partial charge in [0, 0.05) is 37.4 Å². The Kier molecular flexibility index (Phi) is 5.57. The van der Waals surface area contributed by atoms with Crippen molar-refractivity contribution >= 4 is 21.4 Å². The van der Waals surface area contributed by atoms with Gasteiger partial charge < -0.3 is 9.80 Å². The zero-order valence-electron chi connectivity index (χ0n) is 17.3. The molecule has 0 radical (unpaired) electrons. The molecule has 2 aromatic rings. The highest BCUT2D eigenvalue weighted by Gasteiger charge is 2.32. The molecule has 0 bridgehead atoms. The van der Waals surface area contributed by atoms with Crippen LogP contribution < -0.4 is 4.90 Å². The van der Waals surface area contributed by atoms with Gasteiger partial charge in [-0.25, -0.2) is 12.8 Å². The van der Waals surface area contributed by atoms with E-state index in [1.54, 1.807) is 16.8 Å². The molecule has 1 aromatic carbocycles. The second kappa shape index (κ2) is 8.02. The monoisotopic (exact) mass is 434 g/mol. The van der Waals surface area contributed by atoms with E-state index >= 15 is 0 Å². The average molecular weight is 435 g/mol. The maximum Gasteiger partial charge on any atom is 0.227 e. The number of amides is 1. The summed E-state index contributed by atoms with van der Waals surface area (Å²) >= 11 is 0. The van der Waals surface area contributed by atoms with Gasteiger partial charge in [0.05, 0.1) is 35.3 Å². The van der Waals surface area contributed by atoms with Crippen LogP contribution >= 0.6 is 0 Å². The molecule has 2 saturated heterocycles. The molecule has 1 atom stereocenters. The number of aryl methyl sites for hydroxylation is 1. The number of aromatic nitrogens is 2. The minimum atomic E-state index is -3.00. The van der Waals surface area contributed by atoms with Crippen LogP contribution in [0.4, 0.5) is 10.1 Å². The first-order valence-corrected chi connectivity index (χ1v) is 12.1. The smallest absolute Gasteiger partial charge is 0.227 e. The lowest BCUT2D eigenvalue weighted by molar-refractivity contribution is -0.130. The van der Waals surface area contributed by atoms with E-state index in [0.717, 1.165) is 17.0 Å². The van der Waals surface area contributed by atoms with E-state index in [9.17, 15) is 17.6 Å². The highest BCUT2D eigenvalue weighted by molar-refractivity contribution is 7.91. The summed E-state index contributed by atoms with van der Waals surface area (Å²) in [5.74, 6) is 0.0783. The first kappa shape index (κ1) is 20.8. The Morgan fingerprint density at radius 2 is 1.87 bits per heavy atom. The van der Waals surface area contributed by atoms with Gasteiger partial charge in [-0.2, -0.15) is 5.10 Å². The largest absolute Gasteiger partial charge is 0.366 e. The van der Waals surface area contributed by atoms with Crippen LogP contribution in [0.25, 0.3) is 0 Å². The molecular formula is C21H27FN4O3S. The average Bonchev–Trinajstić information content (AvgIpc) is 3.22. The maximum atomic E-state index is 14.0. The Morgan fingerprint density at radius 3 is 2.50 bits per heavy atom. The predicted octanol–water partition coefficient (Wildman–Crippen LogP) is 1.89. The van der Waals surface area contributed by atoms with Crippen LogP contribution in [-0.2, 0) is 21.1 Å². The van der Waals surface area contributed by atoms with Gasteiger partial charge >= 0.3 is 0 Å². The predicted molar refractivity (Wildman–Crippen MR) is 113 cm³/mol. The second-order valence-electron chi connectivity index (χ2n) is 8.15. The molecule has 162 valence electrons. The maximum absolute atomic E-state index is 14.0. The lowest BCUT2D eigenvalue weighted by Crippen LogP contribution is -2.49. The van der Waals surface area contributed by atoms with Crippen molar-refractivity contribution in [3.05, 3.63) is 47.0 Å². The van der Waals surface area contributed by atoms with E-state index in [0.29, 0.717) is 38.3 Å². The molecule has 2 aliphatic rings. The number of carbonyl (C=O) groups excluding carboxylic acids is 1. The van der Waals surface area contributed by atoms with Gasteiger partial charge in [-0.1, -0.05) is 12.1 Å². The van der Waals surface area contributed by atoms with Gasteiger partial charge in [0.1, 0.15) is 5.82 Å². The molecule has 1 aromatic heterocycles. The van der Waals surface area contributed by atoms with Gasteiger partial charge in [-0.3, -0.25) is 9.48 Å². The van der Waals surface area contributed by atoms with Crippen LogP contribution in [0.2, 0.25) is 0 Å². The molecule has 0 unspecified atom stereocenters. The number of para-hydroxylation sites is 1. The third kappa shape index (κ3) is 4.08. The number of hydrogen-bond acceptors (Lipinski definition) is 5. The SMILES string of the molecule is Cc1nn([C@H]2CCS(=O)(=O)C2)c(C)c1CC(=O)N1CCN(c2ccccc2F)CC1. The third-order valence-corrected chi connectivity index (χ3v) is 7.93. The zero-order chi connectivity index (χ0) is 21.5. The summed E-state index contributed by atoms with van der Waals surface area (Å²) in [5.41, 5.74) is 3.09. The van der Waals surface area contributed by atoms with Crippen LogP contribution in [-0.4, -0.2) is 66.7 Å². The normalized spacial score (nSPS) is 21.2. The highest BCUT2D eigenvalue weighted by atomic mass is 32.2. The molecule has 0 spiro atoms. The van der Waals surface area contributed by atoms with E-state index in [1.165, 1.54) is 6.07 Å². The fourth-order valence-electron chi connectivity index (χ4n) is 4.44. The molecule has 3 heterocycles. The van der Waals surface area contributed by atoms with Crippen molar-refractivity contribution in [2.45, 2.75) is 32.7 Å². The number of piperazine rings is 1. The third-order valence-electron chi connectivity index (χ3n) is 6.18. The van der Waals surface area contributed by atoms with Crippen molar-refractivity contribution in [2.75, 3.05) is 42.6 Å². The Balaban J connectivity index is 1.41. The zero-order valence-corrected chi connectivity index (χ0v) is 18.2. The number of nitrogens with zero attached hydrogens (tertiary/aromatic N) is 4. The summed E-state index contributed by atoms with van der Waals surface area (Å²) in [6.07, 6.45) is 0.812. The first-order valence-electron chi connectivity index (χ1n) is 10.3. The van der Waals surface area contributed by atoms with Crippen LogP contribution in [0.5, 0.6) is 0 Å². The molecule has 7 nitrogen and oxygen atoms in total. The van der Waals surface area contributed by atoms with Crippen LogP contribution in [0, 0.1) is 19.7 Å². The quantitative estimate of drug-likeness (QED) is 0.735. The minimum absolute atomic E-state index is 0.0213. The molecule has 2 aliphatic heterocycles. The fraction of sp³-hybridized carbons (Fsp3) is 0.524. The highest BCUT2D eigenvalue weighted by Crippen LogP contribution is 2.27. The number of hydrogen-bond donors (Lipinski definition) is 0. The van der Waals surface area contributed by atoms with Crippen molar-refractivity contribution in [3.8, 4) is 0 Å². The molecule has 30 heavy (non-hydrogen) atoms. The lowest BCUT2D eigenvalue weighted by atomic mass is 10.1. The standard InChI is InChI=1S/C21H27FN4O3S/c1-15-18(16(2)26(23-15)17-7-12-30(28,29)14-17)13-21(27)25-10-8-24(9-11-25)20-6-4-3-5-19(20)22/h3-6,17H,7-14H2,1-2H3/t17-/m0/s1. The summed E-state index contributed by atoms with van der Waals surface area (Å²) in [6.45, 7) is 6.03. The van der Waals surface area contributed by atoms with E-state index < -0.39 is 9.84 Å². The first-order chi connectivity index (χ1) is 14.2. The van der Waals surface area contributed by atoms with Crippen LogP contribution in [0.1, 0.15) is 29.4 Å². The number of carbonyl (C=O) groups is 1. The number of benzene rings is 1. The van der Waals surface area contributed by atoms with Crippen molar-refractivity contribution < 1.29 is 17.6 Å². The van der Waals surface area contributed by atoms with Gasteiger partial charge in [-0.05, 0) is 32.4 Å². The molecule has 0 saturated carbocycles. The minimum Gasteiger partial charge on any atom is -0.366 e. The van der Waals surface area contributed by atoms with Gasteiger partial charge in [0.2, 0.25) is 5.91 Å². The molecule has 0 aliphatic carbocycles. The molecule has 9 heteroatoms. The Morgan fingerprint density at radius 1 is 1.17 bits per heavy atom.